The molecule has 0 aliphatic rings. The van der Waals surface area contributed by atoms with Crippen molar-refractivity contribution in [3.63, 3.8) is 0 Å². The molecule has 0 bridgehead atoms. The third kappa shape index (κ3) is 3.53. The first-order valence-corrected chi connectivity index (χ1v) is 7.64. The highest BCUT2D eigenvalue weighted by Gasteiger charge is 2.10. The van der Waals surface area contributed by atoms with Crippen LogP contribution in [-0.4, -0.2) is 34.5 Å². The molecule has 0 amide bonds. The standard InChI is InChI=1S/C15H19N7O/c1-3-6-21-8-5-16-15(21)13-10-22(20-19-13)7-4-12-9-14(23)18-11(2)17-12/h5,8-10H,3-4,6-7H2,1-2H3,(H,17,18,23). The number of nitrogens with zero attached hydrogens (tertiary/aromatic N) is 6. The highest BCUT2D eigenvalue weighted by molar-refractivity contribution is 5.47. The van der Waals surface area contributed by atoms with Crippen molar-refractivity contribution in [2.24, 2.45) is 0 Å². The van der Waals surface area contributed by atoms with E-state index < -0.39 is 0 Å². The maximum atomic E-state index is 11.4. The Hall–Kier alpha value is -2.77. The Morgan fingerprint density at radius 3 is 2.96 bits per heavy atom. The monoisotopic (exact) mass is 313 g/mol. The van der Waals surface area contributed by atoms with Crippen molar-refractivity contribution in [1.29, 1.82) is 0 Å². The largest absolute Gasteiger partial charge is 0.330 e. The van der Waals surface area contributed by atoms with E-state index in [0.717, 1.165) is 30.2 Å². The highest BCUT2D eigenvalue weighted by atomic mass is 16.1. The average molecular weight is 313 g/mol. The topological polar surface area (TPSA) is 94.3 Å². The second-order valence-electron chi connectivity index (χ2n) is 5.38. The number of aromatic nitrogens is 7. The van der Waals surface area contributed by atoms with Gasteiger partial charge >= 0.3 is 0 Å². The van der Waals surface area contributed by atoms with Crippen molar-refractivity contribution in [3.05, 3.63) is 46.5 Å². The summed E-state index contributed by atoms with van der Waals surface area (Å²) in [6.07, 6.45) is 7.24. The van der Waals surface area contributed by atoms with Crippen molar-refractivity contribution in [2.45, 2.75) is 39.8 Å². The predicted molar refractivity (Wildman–Crippen MR) is 84.8 cm³/mol. The van der Waals surface area contributed by atoms with E-state index in [9.17, 15) is 4.79 Å². The fourth-order valence-corrected chi connectivity index (χ4v) is 2.47. The number of hydrogen-bond donors (Lipinski definition) is 1. The van der Waals surface area contributed by atoms with Crippen molar-refractivity contribution >= 4 is 0 Å². The zero-order valence-electron chi connectivity index (χ0n) is 13.2. The summed E-state index contributed by atoms with van der Waals surface area (Å²) in [5.41, 5.74) is 1.36. The molecule has 3 aromatic heterocycles. The molecule has 3 aromatic rings. The van der Waals surface area contributed by atoms with E-state index >= 15 is 0 Å². The average Bonchev–Trinajstić information content (AvgIpc) is 3.13. The lowest BCUT2D eigenvalue weighted by Gasteiger charge is -2.03. The second kappa shape index (κ2) is 6.55. The van der Waals surface area contributed by atoms with E-state index in [0.29, 0.717) is 18.8 Å². The van der Waals surface area contributed by atoms with Crippen LogP contribution in [0.4, 0.5) is 0 Å². The summed E-state index contributed by atoms with van der Waals surface area (Å²) >= 11 is 0. The molecule has 0 aromatic carbocycles. The van der Waals surface area contributed by atoms with Gasteiger partial charge < -0.3 is 9.55 Å². The molecule has 0 spiro atoms. The lowest BCUT2D eigenvalue weighted by molar-refractivity contribution is 0.582. The van der Waals surface area contributed by atoms with Gasteiger partial charge in [-0.25, -0.2) is 9.97 Å². The SMILES string of the molecule is CCCn1ccnc1-c1cn(CCc2cc(=O)[nH]c(C)n2)nn1. The van der Waals surface area contributed by atoms with Crippen LogP contribution >= 0.6 is 0 Å². The summed E-state index contributed by atoms with van der Waals surface area (Å²) in [5.74, 6) is 1.44. The van der Waals surface area contributed by atoms with Crippen LogP contribution in [0.25, 0.3) is 11.5 Å². The van der Waals surface area contributed by atoms with Crippen molar-refractivity contribution in [3.8, 4) is 11.5 Å². The molecule has 0 saturated heterocycles. The van der Waals surface area contributed by atoms with Crippen LogP contribution in [0.1, 0.15) is 24.9 Å². The summed E-state index contributed by atoms with van der Waals surface area (Å²) in [6.45, 7) is 5.40. The fourth-order valence-electron chi connectivity index (χ4n) is 2.47. The Labute approximate surface area is 133 Å². The molecule has 8 heteroatoms. The quantitative estimate of drug-likeness (QED) is 0.737. The Balaban J connectivity index is 1.72. The fraction of sp³-hybridized carbons (Fsp3) is 0.400. The summed E-state index contributed by atoms with van der Waals surface area (Å²) in [7, 11) is 0. The van der Waals surface area contributed by atoms with Crippen LogP contribution < -0.4 is 5.56 Å². The van der Waals surface area contributed by atoms with E-state index in [2.05, 4.69) is 36.8 Å². The van der Waals surface area contributed by atoms with Crippen LogP contribution in [0.3, 0.4) is 0 Å². The number of nitrogens with one attached hydrogen (secondary N) is 1. The third-order valence-electron chi connectivity index (χ3n) is 3.46. The minimum Gasteiger partial charge on any atom is -0.330 e. The lowest BCUT2D eigenvalue weighted by atomic mass is 10.3. The predicted octanol–water partition coefficient (Wildman–Crippen LogP) is 1.19. The lowest BCUT2D eigenvalue weighted by Crippen LogP contribution is -2.12. The molecule has 3 rings (SSSR count). The van der Waals surface area contributed by atoms with E-state index in [-0.39, 0.29) is 5.56 Å². The van der Waals surface area contributed by atoms with Gasteiger partial charge in [0.2, 0.25) is 0 Å². The van der Waals surface area contributed by atoms with Gasteiger partial charge in [-0.15, -0.1) is 5.10 Å². The smallest absolute Gasteiger partial charge is 0.251 e. The van der Waals surface area contributed by atoms with Gasteiger partial charge in [-0.2, -0.15) is 0 Å². The first kappa shape index (κ1) is 15.1. The molecule has 0 saturated carbocycles. The zero-order valence-corrected chi connectivity index (χ0v) is 13.2. The van der Waals surface area contributed by atoms with Gasteiger partial charge in [0.05, 0.1) is 6.20 Å². The van der Waals surface area contributed by atoms with Gasteiger partial charge in [0, 0.05) is 43.7 Å². The highest BCUT2D eigenvalue weighted by Crippen LogP contribution is 2.14. The number of hydrogen-bond acceptors (Lipinski definition) is 5. The number of imidazole rings is 1. The van der Waals surface area contributed by atoms with E-state index in [4.69, 9.17) is 0 Å². The summed E-state index contributed by atoms with van der Waals surface area (Å²) in [5, 5.41) is 8.32. The summed E-state index contributed by atoms with van der Waals surface area (Å²) < 4.78 is 3.81. The molecular formula is C15H19N7O. The molecule has 0 aliphatic heterocycles. The molecular weight excluding hydrogens is 294 g/mol. The Kier molecular flexibility index (Phi) is 4.31. The van der Waals surface area contributed by atoms with Crippen LogP contribution in [0, 0.1) is 6.92 Å². The van der Waals surface area contributed by atoms with Crippen molar-refractivity contribution < 1.29 is 0 Å². The van der Waals surface area contributed by atoms with E-state index in [1.165, 1.54) is 6.07 Å². The molecule has 0 radical (unpaired) electrons. The maximum absolute atomic E-state index is 11.4. The zero-order chi connectivity index (χ0) is 16.2. The van der Waals surface area contributed by atoms with Crippen LogP contribution in [0.15, 0.2) is 29.5 Å². The summed E-state index contributed by atoms with van der Waals surface area (Å²) in [4.78, 5) is 22.7. The van der Waals surface area contributed by atoms with Gasteiger partial charge in [-0.05, 0) is 13.3 Å². The van der Waals surface area contributed by atoms with E-state index in [1.54, 1.807) is 17.8 Å². The number of aryl methyl sites for hydroxylation is 4. The first-order valence-electron chi connectivity index (χ1n) is 7.64. The molecule has 0 atom stereocenters. The Morgan fingerprint density at radius 2 is 2.17 bits per heavy atom. The number of H-pyrrole nitrogens is 1. The Bertz CT molecular complexity index is 845. The molecule has 120 valence electrons. The van der Waals surface area contributed by atoms with E-state index in [1.807, 2.05) is 12.4 Å². The van der Waals surface area contributed by atoms with Crippen LogP contribution in [-0.2, 0) is 19.5 Å². The van der Waals surface area contributed by atoms with Gasteiger partial charge in [0.1, 0.15) is 11.5 Å². The molecule has 0 aliphatic carbocycles. The van der Waals surface area contributed by atoms with Crippen LogP contribution in [0.2, 0.25) is 0 Å². The number of aromatic amines is 1. The first-order chi connectivity index (χ1) is 11.2. The Morgan fingerprint density at radius 1 is 1.30 bits per heavy atom. The molecule has 23 heavy (non-hydrogen) atoms. The van der Waals surface area contributed by atoms with Gasteiger partial charge in [-0.1, -0.05) is 12.1 Å². The second-order valence-corrected chi connectivity index (χ2v) is 5.38. The van der Waals surface area contributed by atoms with Gasteiger partial charge in [0.15, 0.2) is 5.82 Å². The van der Waals surface area contributed by atoms with Gasteiger partial charge in [-0.3, -0.25) is 9.48 Å². The normalized spacial score (nSPS) is 11.0. The maximum Gasteiger partial charge on any atom is 0.251 e. The molecule has 8 nitrogen and oxygen atoms in total. The minimum atomic E-state index is -0.131. The molecule has 0 fully saturated rings. The molecule has 3 heterocycles. The summed E-state index contributed by atoms with van der Waals surface area (Å²) in [6, 6.07) is 1.51. The minimum absolute atomic E-state index is 0.131. The van der Waals surface area contributed by atoms with Gasteiger partial charge in [0.25, 0.3) is 5.56 Å². The third-order valence-corrected chi connectivity index (χ3v) is 3.46. The molecule has 1 N–H and O–H groups in total. The molecule has 0 unspecified atom stereocenters. The van der Waals surface area contributed by atoms with Crippen LogP contribution in [0.5, 0.6) is 0 Å². The number of rotatable bonds is 6. The van der Waals surface area contributed by atoms with Crippen molar-refractivity contribution in [1.82, 2.24) is 34.5 Å². The van der Waals surface area contributed by atoms with Crippen molar-refractivity contribution in [2.75, 3.05) is 0 Å².